The minimum atomic E-state index is -3.40. The number of esters is 1. The zero-order valence-electron chi connectivity index (χ0n) is 15.2. The van der Waals surface area contributed by atoms with Gasteiger partial charge in [0.15, 0.2) is 11.7 Å². The van der Waals surface area contributed by atoms with E-state index in [2.05, 4.69) is 9.88 Å². The summed E-state index contributed by atoms with van der Waals surface area (Å²) in [6.07, 6.45) is -0.0864. The summed E-state index contributed by atoms with van der Waals surface area (Å²) >= 11 is 0. The predicted octanol–water partition coefficient (Wildman–Crippen LogP) is 2.56. The smallest absolute Gasteiger partial charge is 0.312 e. The van der Waals surface area contributed by atoms with Crippen molar-refractivity contribution in [1.82, 2.24) is 5.16 Å². The van der Waals surface area contributed by atoms with E-state index >= 15 is 0 Å². The second-order valence-corrected chi connectivity index (χ2v) is 8.00. The number of para-hydroxylation sites is 1. The number of sulfonamides is 1. The Hall–Kier alpha value is -3.20. The van der Waals surface area contributed by atoms with Crippen LogP contribution in [0.25, 0.3) is 11.0 Å². The Kier molecular flexibility index (Phi) is 5.46. The van der Waals surface area contributed by atoms with E-state index < -0.39 is 27.9 Å². The monoisotopic (exact) mass is 402 g/mol. The van der Waals surface area contributed by atoms with E-state index in [-0.39, 0.29) is 6.42 Å². The van der Waals surface area contributed by atoms with Crippen molar-refractivity contribution in [2.24, 2.45) is 0 Å². The number of benzene rings is 2. The largest absolute Gasteiger partial charge is 0.454 e. The fourth-order valence-corrected chi connectivity index (χ4v) is 3.21. The number of rotatable bonds is 7. The topological polar surface area (TPSA) is 116 Å². The van der Waals surface area contributed by atoms with E-state index in [0.717, 1.165) is 6.26 Å². The molecular weight excluding hydrogens is 384 g/mol. The van der Waals surface area contributed by atoms with Crippen molar-refractivity contribution in [3.8, 4) is 0 Å². The van der Waals surface area contributed by atoms with Gasteiger partial charge in [0.25, 0.3) is 0 Å². The molecule has 8 nitrogen and oxygen atoms in total. The number of nitrogens with one attached hydrogen (secondary N) is 1. The zero-order valence-corrected chi connectivity index (χ0v) is 16.0. The Morgan fingerprint density at radius 3 is 2.50 bits per heavy atom. The van der Waals surface area contributed by atoms with Gasteiger partial charge in [0, 0.05) is 16.6 Å². The summed E-state index contributed by atoms with van der Waals surface area (Å²) < 4.78 is 35.1. The van der Waals surface area contributed by atoms with Gasteiger partial charge in [-0.15, -0.1) is 0 Å². The molecule has 0 aliphatic rings. The molecule has 0 saturated heterocycles. The first-order valence-electron chi connectivity index (χ1n) is 8.38. The van der Waals surface area contributed by atoms with Gasteiger partial charge in [0.05, 0.1) is 12.7 Å². The Morgan fingerprint density at radius 1 is 1.14 bits per heavy atom. The number of carbonyl (C=O) groups is 2. The van der Waals surface area contributed by atoms with Crippen LogP contribution in [0.4, 0.5) is 5.69 Å². The highest BCUT2D eigenvalue weighted by molar-refractivity contribution is 7.92. The summed E-state index contributed by atoms with van der Waals surface area (Å²) in [5.74, 6) is -1.00. The molecular formula is C19H18N2O6S. The first-order valence-corrected chi connectivity index (χ1v) is 10.3. The summed E-state index contributed by atoms with van der Waals surface area (Å²) in [5, 5.41) is 4.58. The number of fused-ring (bicyclic) bond motifs is 1. The number of carbonyl (C=O) groups excluding carboxylic acids is 2. The van der Waals surface area contributed by atoms with E-state index in [1.807, 2.05) is 6.07 Å². The van der Waals surface area contributed by atoms with Crippen molar-refractivity contribution in [3.63, 3.8) is 0 Å². The molecule has 0 unspecified atom stereocenters. The average molecular weight is 402 g/mol. The summed E-state index contributed by atoms with van der Waals surface area (Å²) in [7, 11) is -3.40. The molecule has 3 rings (SSSR count). The Bertz CT molecular complexity index is 1120. The molecule has 0 aliphatic heterocycles. The zero-order chi connectivity index (χ0) is 20.3. The van der Waals surface area contributed by atoms with Crippen LogP contribution in [0.5, 0.6) is 0 Å². The number of hydrogen-bond donors (Lipinski definition) is 1. The average Bonchev–Trinajstić information content (AvgIpc) is 3.03. The van der Waals surface area contributed by atoms with Gasteiger partial charge in [-0.3, -0.25) is 14.3 Å². The third-order valence-corrected chi connectivity index (χ3v) is 4.52. The van der Waals surface area contributed by atoms with Crippen molar-refractivity contribution < 1.29 is 27.3 Å². The third kappa shape index (κ3) is 4.74. The number of nitrogens with zero attached hydrogens (tertiary/aromatic N) is 1. The summed E-state index contributed by atoms with van der Waals surface area (Å²) in [5.41, 5.74) is 1.64. The standard InChI is InChI=1S/C19H18N2O6S/c1-12(19(23)13-7-9-14(10-8-13)21-28(2,24)25)26-18(22)11-16-15-5-3-4-6-17(15)27-20-16/h3-10,12,21H,11H2,1-2H3/t12-/m0/s1. The molecule has 0 aliphatic carbocycles. The second-order valence-electron chi connectivity index (χ2n) is 6.25. The van der Waals surface area contributed by atoms with Gasteiger partial charge in [-0.25, -0.2) is 8.42 Å². The minimum absolute atomic E-state index is 0.119. The first kappa shape index (κ1) is 19.6. The van der Waals surface area contributed by atoms with Crippen LogP contribution in [0.15, 0.2) is 53.1 Å². The number of Topliss-reactive ketones (excluding diaryl/α,β-unsaturated/α-hetero) is 1. The Labute approximate surface area is 161 Å². The lowest BCUT2D eigenvalue weighted by Gasteiger charge is -2.12. The molecule has 0 spiro atoms. The van der Waals surface area contributed by atoms with Crippen LogP contribution in [-0.2, 0) is 26.0 Å². The highest BCUT2D eigenvalue weighted by Gasteiger charge is 2.21. The van der Waals surface area contributed by atoms with Gasteiger partial charge >= 0.3 is 5.97 Å². The van der Waals surface area contributed by atoms with Crippen molar-refractivity contribution in [2.45, 2.75) is 19.4 Å². The summed E-state index contributed by atoms with van der Waals surface area (Å²) in [4.78, 5) is 24.6. The SMILES string of the molecule is C[C@H](OC(=O)Cc1noc2ccccc12)C(=O)c1ccc(NS(C)(=O)=O)cc1. The van der Waals surface area contributed by atoms with Gasteiger partial charge in [0.1, 0.15) is 5.69 Å². The normalized spacial score (nSPS) is 12.5. The van der Waals surface area contributed by atoms with Crippen molar-refractivity contribution in [3.05, 3.63) is 59.8 Å². The molecule has 146 valence electrons. The van der Waals surface area contributed by atoms with Gasteiger partial charge < -0.3 is 9.26 Å². The lowest BCUT2D eigenvalue weighted by atomic mass is 10.1. The van der Waals surface area contributed by atoms with Gasteiger partial charge in [-0.05, 0) is 43.3 Å². The second kappa shape index (κ2) is 7.81. The van der Waals surface area contributed by atoms with E-state index in [4.69, 9.17) is 9.26 Å². The van der Waals surface area contributed by atoms with E-state index in [9.17, 15) is 18.0 Å². The van der Waals surface area contributed by atoms with E-state index in [0.29, 0.717) is 27.9 Å². The molecule has 3 aromatic rings. The maximum absolute atomic E-state index is 12.4. The first-order chi connectivity index (χ1) is 13.2. The molecule has 1 heterocycles. The van der Waals surface area contributed by atoms with Crippen molar-refractivity contribution >= 4 is 38.4 Å². The lowest BCUT2D eigenvalue weighted by molar-refractivity contribution is -0.145. The molecule has 28 heavy (non-hydrogen) atoms. The molecule has 2 aromatic carbocycles. The minimum Gasteiger partial charge on any atom is -0.454 e. The van der Waals surface area contributed by atoms with Gasteiger partial charge in [-0.2, -0.15) is 0 Å². The highest BCUT2D eigenvalue weighted by atomic mass is 32.2. The van der Waals surface area contributed by atoms with E-state index in [1.165, 1.54) is 31.2 Å². The van der Waals surface area contributed by atoms with Crippen LogP contribution in [0.3, 0.4) is 0 Å². The van der Waals surface area contributed by atoms with Crippen LogP contribution in [0, 0.1) is 0 Å². The van der Waals surface area contributed by atoms with E-state index in [1.54, 1.807) is 18.2 Å². The van der Waals surface area contributed by atoms with Crippen LogP contribution in [0.1, 0.15) is 23.0 Å². The van der Waals surface area contributed by atoms with Crippen molar-refractivity contribution in [2.75, 3.05) is 11.0 Å². The highest BCUT2D eigenvalue weighted by Crippen LogP contribution is 2.19. The third-order valence-electron chi connectivity index (χ3n) is 3.91. The lowest BCUT2D eigenvalue weighted by Crippen LogP contribution is -2.25. The number of anilines is 1. The summed E-state index contributed by atoms with van der Waals surface area (Å²) in [6, 6.07) is 13.0. The Morgan fingerprint density at radius 2 is 1.82 bits per heavy atom. The molecule has 0 fully saturated rings. The number of hydrogen-bond acceptors (Lipinski definition) is 7. The number of ether oxygens (including phenoxy) is 1. The molecule has 0 amide bonds. The quantitative estimate of drug-likeness (QED) is 0.477. The molecule has 0 bridgehead atoms. The van der Waals surface area contributed by atoms with Crippen LogP contribution >= 0.6 is 0 Å². The predicted molar refractivity (Wildman–Crippen MR) is 103 cm³/mol. The molecule has 1 atom stereocenters. The van der Waals surface area contributed by atoms with Crippen LogP contribution in [-0.4, -0.2) is 37.7 Å². The molecule has 1 aromatic heterocycles. The molecule has 0 radical (unpaired) electrons. The number of aromatic nitrogens is 1. The molecule has 0 saturated carbocycles. The fraction of sp³-hybridized carbons (Fsp3) is 0.211. The van der Waals surface area contributed by atoms with Crippen LogP contribution in [0.2, 0.25) is 0 Å². The maximum Gasteiger partial charge on any atom is 0.312 e. The maximum atomic E-state index is 12.4. The van der Waals surface area contributed by atoms with Crippen molar-refractivity contribution in [1.29, 1.82) is 0 Å². The van der Waals surface area contributed by atoms with Crippen LogP contribution < -0.4 is 4.72 Å². The molecule has 9 heteroatoms. The number of ketones is 1. The summed E-state index contributed by atoms with van der Waals surface area (Å²) in [6.45, 7) is 1.48. The Balaban J connectivity index is 1.62. The fourth-order valence-electron chi connectivity index (χ4n) is 2.65. The molecule has 1 N–H and O–H groups in total. The van der Waals surface area contributed by atoms with Gasteiger partial charge in [-0.1, -0.05) is 17.3 Å². The van der Waals surface area contributed by atoms with Gasteiger partial charge in [0.2, 0.25) is 15.8 Å².